The maximum Gasteiger partial charge on any atom is 0.169 e. The molecule has 0 saturated heterocycles. The van der Waals surface area contributed by atoms with Crippen LogP contribution in [-0.4, -0.2) is 24.6 Å². The zero-order valence-electron chi connectivity index (χ0n) is 11.5. The van der Waals surface area contributed by atoms with E-state index in [0.29, 0.717) is 11.1 Å². The summed E-state index contributed by atoms with van der Waals surface area (Å²) in [6.07, 6.45) is 0.611. The molecule has 1 rings (SSSR count). The minimum absolute atomic E-state index is 0. The number of ether oxygens (including phenoxy) is 1. The van der Waals surface area contributed by atoms with E-state index in [2.05, 4.69) is 0 Å². The van der Waals surface area contributed by atoms with Crippen LogP contribution >= 0.6 is 12.4 Å². The van der Waals surface area contributed by atoms with Gasteiger partial charge < -0.3 is 9.84 Å². The van der Waals surface area contributed by atoms with Crippen molar-refractivity contribution in [3.63, 3.8) is 0 Å². The Kier molecular flexibility index (Phi) is 7.23. The van der Waals surface area contributed by atoms with Crippen molar-refractivity contribution >= 4 is 18.7 Å². The maximum absolute atomic E-state index is 11.1. The van der Waals surface area contributed by atoms with E-state index in [4.69, 9.17) is 10.5 Å². The van der Waals surface area contributed by atoms with E-state index in [-0.39, 0.29) is 18.3 Å². The van der Waals surface area contributed by atoms with Crippen LogP contribution in [0.15, 0.2) is 24.3 Å². The smallest absolute Gasteiger partial charge is 0.169 e. The third-order valence-corrected chi connectivity index (χ3v) is 3.47. The van der Waals surface area contributed by atoms with E-state index in [9.17, 15) is 9.90 Å². The van der Waals surface area contributed by atoms with E-state index in [1.165, 1.54) is 7.11 Å². The SMILES string of the molecule is CCC(C)[C@H](O)[C@@](N)(OC)c1ccccc1C=O.Cl. The van der Waals surface area contributed by atoms with Crippen molar-refractivity contribution in [3.05, 3.63) is 35.4 Å². The molecular weight excluding hydrogens is 266 g/mol. The second kappa shape index (κ2) is 7.60. The molecule has 0 spiro atoms. The highest BCUT2D eigenvalue weighted by molar-refractivity contribution is 5.85. The Balaban J connectivity index is 0.00000324. The Labute approximate surface area is 120 Å². The fraction of sp³-hybridized carbons (Fsp3) is 0.500. The lowest BCUT2D eigenvalue weighted by Gasteiger charge is -2.37. The molecule has 3 N–H and O–H groups in total. The van der Waals surface area contributed by atoms with Crippen molar-refractivity contribution in [2.45, 2.75) is 32.1 Å². The summed E-state index contributed by atoms with van der Waals surface area (Å²) in [6, 6.07) is 6.89. The van der Waals surface area contributed by atoms with Gasteiger partial charge in [-0.3, -0.25) is 10.5 Å². The number of hydrogen-bond donors (Lipinski definition) is 2. The predicted octanol–water partition coefficient (Wildman–Crippen LogP) is 2.09. The van der Waals surface area contributed by atoms with Crippen LogP contribution in [0.4, 0.5) is 0 Å². The molecule has 0 bridgehead atoms. The quantitative estimate of drug-likeness (QED) is 0.621. The Hall–Kier alpha value is -0.940. The number of benzene rings is 1. The average Bonchev–Trinajstić information content (AvgIpc) is 2.44. The van der Waals surface area contributed by atoms with Crippen molar-refractivity contribution in [3.8, 4) is 0 Å². The van der Waals surface area contributed by atoms with Gasteiger partial charge in [0.2, 0.25) is 0 Å². The third-order valence-electron chi connectivity index (χ3n) is 3.47. The van der Waals surface area contributed by atoms with Crippen LogP contribution in [-0.2, 0) is 10.5 Å². The van der Waals surface area contributed by atoms with Crippen molar-refractivity contribution in [2.24, 2.45) is 11.7 Å². The molecule has 0 aromatic heterocycles. The van der Waals surface area contributed by atoms with Crippen molar-refractivity contribution in [2.75, 3.05) is 7.11 Å². The number of carbonyl (C=O) groups is 1. The fourth-order valence-electron chi connectivity index (χ4n) is 1.99. The first-order chi connectivity index (χ1) is 8.51. The minimum atomic E-state index is -1.37. The molecule has 0 amide bonds. The molecule has 1 aromatic carbocycles. The Morgan fingerprint density at radius 3 is 2.53 bits per heavy atom. The van der Waals surface area contributed by atoms with Crippen LogP contribution in [0.2, 0.25) is 0 Å². The number of rotatable bonds is 6. The molecule has 0 saturated carbocycles. The van der Waals surface area contributed by atoms with Crippen molar-refractivity contribution < 1.29 is 14.6 Å². The van der Waals surface area contributed by atoms with E-state index in [0.717, 1.165) is 12.7 Å². The monoisotopic (exact) mass is 287 g/mol. The molecule has 0 aliphatic heterocycles. The number of aldehydes is 1. The summed E-state index contributed by atoms with van der Waals surface area (Å²) in [7, 11) is 1.44. The van der Waals surface area contributed by atoms with Crippen molar-refractivity contribution in [1.29, 1.82) is 0 Å². The molecule has 108 valence electrons. The summed E-state index contributed by atoms with van der Waals surface area (Å²) < 4.78 is 5.32. The van der Waals surface area contributed by atoms with Gasteiger partial charge in [-0.1, -0.05) is 44.5 Å². The van der Waals surface area contributed by atoms with Gasteiger partial charge in [-0.2, -0.15) is 0 Å². The molecule has 0 aliphatic rings. The van der Waals surface area contributed by atoms with Gasteiger partial charge in [-0.05, 0) is 5.92 Å². The van der Waals surface area contributed by atoms with Gasteiger partial charge in [0.05, 0.1) is 0 Å². The maximum atomic E-state index is 11.1. The summed E-state index contributed by atoms with van der Waals surface area (Å²) in [5, 5.41) is 10.3. The van der Waals surface area contributed by atoms with E-state index >= 15 is 0 Å². The fourth-order valence-corrected chi connectivity index (χ4v) is 1.99. The van der Waals surface area contributed by atoms with E-state index < -0.39 is 11.8 Å². The largest absolute Gasteiger partial charge is 0.388 e. The number of methoxy groups -OCH3 is 1. The normalized spacial score (nSPS) is 16.9. The zero-order valence-corrected chi connectivity index (χ0v) is 12.3. The Morgan fingerprint density at radius 2 is 2.05 bits per heavy atom. The van der Waals surface area contributed by atoms with Crippen LogP contribution in [0.1, 0.15) is 36.2 Å². The first-order valence-corrected chi connectivity index (χ1v) is 6.08. The van der Waals surface area contributed by atoms with Crippen LogP contribution < -0.4 is 5.73 Å². The molecule has 5 heteroatoms. The average molecular weight is 288 g/mol. The number of nitrogens with two attached hydrogens (primary N) is 1. The lowest BCUT2D eigenvalue weighted by atomic mass is 9.86. The zero-order chi connectivity index (χ0) is 13.8. The van der Waals surface area contributed by atoms with Crippen LogP contribution in [0.3, 0.4) is 0 Å². The molecule has 3 atom stereocenters. The summed E-state index contributed by atoms with van der Waals surface area (Å²) in [4.78, 5) is 11.1. The topological polar surface area (TPSA) is 72.6 Å². The van der Waals surface area contributed by atoms with Gasteiger partial charge in [-0.15, -0.1) is 12.4 Å². The minimum Gasteiger partial charge on any atom is -0.388 e. The summed E-state index contributed by atoms with van der Waals surface area (Å²) in [6.45, 7) is 3.87. The molecule has 0 fully saturated rings. The molecule has 0 radical (unpaired) electrons. The first kappa shape index (κ1) is 18.1. The molecule has 0 heterocycles. The van der Waals surface area contributed by atoms with Crippen molar-refractivity contribution in [1.82, 2.24) is 0 Å². The lowest BCUT2D eigenvalue weighted by Crippen LogP contribution is -2.52. The molecular formula is C14H22ClNO3. The summed E-state index contributed by atoms with van der Waals surface area (Å²) >= 11 is 0. The highest BCUT2D eigenvalue weighted by atomic mass is 35.5. The van der Waals surface area contributed by atoms with Crippen LogP contribution in [0.25, 0.3) is 0 Å². The number of aliphatic hydroxyl groups excluding tert-OH is 1. The van der Waals surface area contributed by atoms with Crippen LogP contribution in [0, 0.1) is 5.92 Å². The molecule has 4 nitrogen and oxygen atoms in total. The third kappa shape index (κ3) is 3.54. The van der Waals surface area contributed by atoms with Gasteiger partial charge >= 0.3 is 0 Å². The number of hydrogen-bond acceptors (Lipinski definition) is 4. The summed E-state index contributed by atoms with van der Waals surface area (Å²) in [5.74, 6) is -0.0327. The van der Waals surface area contributed by atoms with Gasteiger partial charge in [0.1, 0.15) is 12.4 Å². The Bertz CT molecular complexity index is 413. The second-order valence-corrected chi connectivity index (χ2v) is 4.53. The Morgan fingerprint density at radius 1 is 1.47 bits per heavy atom. The molecule has 1 aromatic rings. The molecule has 0 aliphatic carbocycles. The highest BCUT2D eigenvalue weighted by Crippen LogP contribution is 2.30. The highest BCUT2D eigenvalue weighted by Gasteiger charge is 2.39. The van der Waals surface area contributed by atoms with Gasteiger partial charge in [0.25, 0.3) is 0 Å². The number of aliphatic hydroxyl groups is 1. The number of carbonyl (C=O) groups excluding carboxylic acids is 1. The molecule has 1 unspecified atom stereocenters. The van der Waals surface area contributed by atoms with Crippen LogP contribution in [0.5, 0.6) is 0 Å². The molecule has 19 heavy (non-hydrogen) atoms. The second-order valence-electron chi connectivity index (χ2n) is 4.53. The van der Waals surface area contributed by atoms with Gasteiger partial charge in [-0.25, -0.2) is 0 Å². The first-order valence-electron chi connectivity index (χ1n) is 6.08. The van der Waals surface area contributed by atoms with E-state index in [1.807, 2.05) is 13.8 Å². The predicted molar refractivity (Wildman–Crippen MR) is 77.4 cm³/mol. The van der Waals surface area contributed by atoms with Gasteiger partial charge in [0, 0.05) is 18.2 Å². The lowest BCUT2D eigenvalue weighted by molar-refractivity contribution is -0.125. The van der Waals surface area contributed by atoms with Gasteiger partial charge in [0.15, 0.2) is 5.72 Å². The summed E-state index contributed by atoms with van der Waals surface area (Å²) in [5.41, 5.74) is 5.76. The standard InChI is InChI=1S/C14H21NO3.ClH/c1-4-10(2)13(17)14(15,18-3)12-8-6-5-7-11(12)9-16;/h5-10,13,17H,4,15H2,1-3H3;1H/t10?,13-,14-;/m0./s1. The van der Waals surface area contributed by atoms with E-state index in [1.54, 1.807) is 24.3 Å². The number of halogens is 1.